The molecular weight excluding hydrogens is 314 g/mol. The largest absolute Gasteiger partial charge is 0.475 e. The van der Waals surface area contributed by atoms with Crippen LogP contribution in [0.25, 0.3) is 0 Å². The number of carboxylic acids is 1. The molecule has 0 aromatic carbocycles. The van der Waals surface area contributed by atoms with E-state index in [-0.39, 0.29) is 22.0 Å². The number of hydrogen-bond donors (Lipinski definition) is 2. The van der Waals surface area contributed by atoms with Gasteiger partial charge in [0.1, 0.15) is 4.90 Å². The highest BCUT2D eigenvalue weighted by molar-refractivity contribution is 9.10. The van der Waals surface area contributed by atoms with E-state index >= 15 is 0 Å². The Balaban J connectivity index is 3.03. The van der Waals surface area contributed by atoms with Crippen LogP contribution < -0.4 is 4.72 Å². The lowest BCUT2D eigenvalue weighted by Gasteiger charge is -2.06. The van der Waals surface area contributed by atoms with Crippen LogP contribution in [0.3, 0.4) is 0 Å². The van der Waals surface area contributed by atoms with Crippen LogP contribution in [-0.2, 0) is 10.0 Å². The molecule has 0 aliphatic heterocycles. The molecular formula is C9H12BrNO5S. The van der Waals surface area contributed by atoms with E-state index in [4.69, 9.17) is 9.52 Å². The molecule has 1 rings (SSSR count). The molecule has 1 heterocycles. The van der Waals surface area contributed by atoms with E-state index in [9.17, 15) is 13.2 Å². The Morgan fingerprint density at radius 3 is 2.59 bits per heavy atom. The number of carbonyl (C=O) groups is 1. The van der Waals surface area contributed by atoms with Gasteiger partial charge in [-0.25, -0.2) is 17.9 Å². The Labute approximate surface area is 107 Å². The summed E-state index contributed by atoms with van der Waals surface area (Å²) in [6.45, 7) is 3.98. The molecule has 6 nitrogen and oxygen atoms in total. The first-order valence-electron chi connectivity index (χ1n) is 4.76. The normalized spacial score (nSPS) is 12.0. The van der Waals surface area contributed by atoms with Crippen LogP contribution in [0.1, 0.15) is 24.4 Å². The van der Waals surface area contributed by atoms with E-state index in [2.05, 4.69) is 20.7 Å². The van der Waals surface area contributed by atoms with Gasteiger partial charge in [0.25, 0.3) is 0 Å². The van der Waals surface area contributed by atoms with E-state index in [0.29, 0.717) is 0 Å². The van der Waals surface area contributed by atoms with Gasteiger partial charge in [0.05, 0.1) is 0 Å². The molecule has 0 atom stereocenters. The van der Waals surface area contributed by atoms with Crippen LogP contribution in [0, 0.1) is 5.92 Å². The minimum atomic E-state index is -3.75. The SMILES string of the molecule is CC(C)CNS(=O)(=O)c1cc(C(=O)O)oc1Br. The summed E-state index contributed by atoms with van der Waals surface area (Å²) < 4.78 is 30.6. The maximum atomic E-state index is 11.8. The van der Waals surface area contributed by atoms with Crippen molar-refractivity contribution in [2.24, 2.45) is 5.92 Å². The fraction of sp³-hybridized carbons (Fsp3) is 0.444. The average molecular weight is 326 g/mol. The van der Waals surface area contributed by atoms with E-state index in [1.807, 2.05) is 13.8 Å². The Morgan fingerprint density at radius 1 is 1.59 bits per heavy atom. The molecule has 0 amide bonds. The molecule has 0 fully saturated rings. The number of carboxylic acid groups (broad SMARTS) is 1. The number of sulfonamides is 1. The summed E-state index contributed by atoms with van der Waals surface area (Å²) in [5.74, 6) is -1.60. The lowest BCUT2D eigenvalue weighted by atomic mass is 10.2. The highest BCUT2D eigenvalue weighted by Crippen LogP contribution is 2.26. The van der Waals surface area contributed by atoms with Gasteiger partial charge in [-0.15, -0.1) is 0 Å². The van der Waals surface area contributed by atoms with Crippen molar-refractivity contribution in [3.8, 4) is 0 Å². The van der Waals surface area contributed by atoms with Gasteiger partial charge in [0.15, 0.2) is 4.67 Å². The molecule has 0 radical (unpaired) electrons. The van der Waals surface area contributed by atoms with Gasteiger partial charge >= 0.3 is 5.97 Å². The fourth-order valence-electron chi connectivity index (χ4n) is 0.995. The van der Waals surface area contributed by atoms with Crippen LogP contribution in [0.4, 0.5) is 0 Å². The van der Waals surface area contributed by atoms with E-state index in [0.717, 1.165) is 6.07 Å². The number of hydrogen-bond acceptors (Lipinski definition) is 4. The highest BCUT2D eigenvalue weighted by Gasteiger charge is 2.24. The predicted molar refractivity (Wildman–Crippen MR) is 63.4 cm³/mol. The first kappa shape index (κ1) is 14.2. The second-order valence-electron chi connectivity index (χ2n) is 3.80. The number of nitrogens with one attached hydrogen (secondary N) is 1. The Morgan fingerprint density at radius 2 is 2.18 bits per heavy atom. The summed E-state index contributed by atoms with van der Waals surface area (Å²) in [6, 6.07) is 0.967. The molecule has 1 aromatic rings. The summed E-state index contributed by atoms with van der Waals surface area (Å²) in [4.78, 5) is 10.4. The molecule has 0 bridgehead atoms. The molecule has 0 saturated heterocycles. The van der Waals surface area contributed by atoms with E-state index in [1.165, 1.54) is 0 Å². The number of furan rings is 1. The predicted octanol–water partition coefficient (Wildman–Crippen LogP) is 1.67. The molecule has 0 spiro atoms. The van der Waals surface area contributed by atoms with Crippen LogP contribution in [0.15, 0.2) is 20.0 Å². The minimum absolute atomic E-state index is 0.119. The maximum absolute atomic E-state index is 11.8. The first-order chi connectivity index (χ1) is 7.74. The molecule has 2 N–H and O–H groups in total. The van der Waals surface area contributed by atoms with Crippen LogP contribution in [0.2, 0.25) is 0 Å². The van der Waals surface area contributed by atoms with Gasteiger partial charge in [0.2, 0.25) is 15.8 Å². The Kier molecular flexibility index (Phi) is 4.34. The molecule has 0 aliphatic carbocycles. The zero-order valence-corrected chi connectivity index (χ0v) is 11.6. The van der Waals surface area contributed by atoms with Crippen molar-refractivity contribution in [3.63, 3.8) is 0 Å². The minimum Gasteiger partial charge on any atom is -0.475 e. The van der Waals surface area contributed by atoms with Crippen molar-refractivity contribution in [1.82, 2.24) is 4.72 Å². The van der Waals surface area contributed by atoms with Gasteiger partial charge in [0, 0.05) is 12.6 Å². The molecule has 0 unspecified atom stereocenters. The zero-order chi connectivity index (χ0) is 13.2. The van der Waals surface area contributed by atoms with Gasteiger partial charge in [-0.2, -0.15) is 0 Å². The number of aromatic carboxylic acids is 1. The van der Waals surface area contributed by atoms with Crippen molar-refractivity contribution in [2.75, 3.05) is 6.54 Å². The van der Waals surface area contributed by atoms with Crippen LogP contribution in [0.5, 0.6) is 0 Å². The van der Waals surface area contributed by atoms with E-state index in [1.54, 1.807) is 0 Å². The molecule has 0 saturated carbocycles. The standard InChI is InChI=1S/C9H12BrNO5S/c1-5(2)4-11-17(14,15)7-3-6(9(12)13)16-8(7)10/h3,5,11H,4H2,1-2H3,(H,12,13). The van der Waals surface area contributed by atoms with Crippen LogP contribution >= 0.6 is 15.9 Å². The first-order valence-corrected chi connectivity index (χ1v) is 7.04. The van der Waals surface area contributed by atoms with Gasteiger partial charge in [-0.1, -0.05) is 13.8 Å². The molecule has 17 heavy (non-hydrogen) atoms. The summed E-state index contributed by atoms with van der Waals surface area (Å²) in [5, 5.41) is 8.68. The topological polar surface area (TPSA) is 96.6 Å². The second kappa shape index (κ2) is 5.19. The highest BCUT2D eigenvalue weighted by atomic mass is 79.9. The summed E-state index contributed by atoms with van der Waals surface area (Å²) in [5.41, 5.74) is 0. The summed E-state index contributed by atoms with van der Waals surface area (Å²) in [6.07, 6.45) is 0. The van der Waals surface area contributed by atoms with Crippen molar-refractivity contribution in [1.29, 1.82) is 0 Å². The lowest BCUT2D eigenvalue weighted by Crippen LogP contribution is -2.27. The number of rotatable bonds is 5. The third-order valence-electron chi connectivity index (χ3n) is 1.84. The van der Waals surface area contributed by atoms with Crippen LogP contribution in [-0.4, -0.2) is 26.0 Å². The Hall–Kier alpha value is -0.860. The average Bonchev–Trinajstić information content (AvgIpc) is 2.58. The zero-order valence-electron chi connectivity index (χ0n) is 9.23. The van der Waals surface area contributed by atoms with Crippen molar-refractivity contribution in [3.05, 3.63) is 16.5 Å². The van der Waals surface area contributed by atoms with E-state index < -0.39 is 21.8 Å². The molecule has 8 heteroatoms. The quantitative estimate of drug-likeness (QED) is 0.858. The van der Waals surface area contributed by atoms with Crippen molar-refractivity contribution in [2.45, 2.75) is 18.7 Å². The molecule has 96 valence electrons. The smallest absolute Gasteiger partial charge is 0.371 e. The second-order valence-corrected chi connectivity index (χ2v) is 6.26. The third-order valence-corrected chi connectivity index (χ3v) is 4.12. The maximum Gasteiger partial charge on any atom is 0.371 e. The fourth-order valence-corrected chi connectivity index (χ4v) is 3.15. The van der Waals surface area contributed by atoms with Gasteiger partial charge in [-0.3, -0.25) is 0 Å². The Bertz CT molecular complexity index is 519. The molecule has 0 aliphatic rings. The van der Waals surface area contributed by atoms with Gasteiger partial charge < -0.3 is 9.52 Å². The summed E-state index contributed by atoms with van der Waals surface area (Å²) >= 11 is 2.88. The summed E-state index contributed by atoms with van der Waals surface area (Å²) in [7, 11) is -3.75. The number of halogens is 1. The monoisotopic (exact) mass is 325 g/mol. The molecule has 1 aromatic heterocycles. The lowest BCUT2D eigenvalue weighted by molar-refractivity contribution is 0.0661. The third kappa shape index (κ3) is 3.55. The van der Waals surface area contributed by atoms with Gasteiger partial charge in [-0.05, 0) is 21.8 Å². The van der Waals surface area contributed by atoms with Crippen molar-refractivity contribution < 1.29 is 22.7 Å². The van der Waals surface area contributed by atoms with Crippen molar-refractivity contribution >= 4 is 31.9 Å².